The number of rotatable bonds is 3. The van der Waals surface area contributed by atoms with Crippen LogP contribution in [-0.2, 0) is 20.6 Å². The molecular weight excluding hydrogens is 304 g/mol. The maximum Gasteiger partial charge on any atom is 0.332 e. The van der Waals surface area contributed by atoms with Gasteiger partial charge in [0.15, 0.2) is 0 Å². The van der Waals surface area contributed by atoms with Crippen molar-refractivity contribution in [2.24, 2.45) is 19.1 Å². The molecule has 6 heteroatoms. The van der Waals surface area contributed by atoms with Gasteiger partial charge in [-0.15, -0.1) is 0 Å². The highest BCUT2D eigenvalue weighted by molar-refractivity contribution is 5.85. The Labute approximate surface area is 138 Å². The van der Waals surface area contributed by atoms with Gasteiger partial charge in [-0.3, -0.25) is 18.9 Å². The molecular formula is C18H18N4O2. The molecule has 24 heavy (non-hydrogen) atoms. The van der Waals surface area contributed by atoms with E-state index in [9.17, 15) is 9.59 Å². The Hall–Kier alpha value is -3.15. The van der Waals surface area contributed by atoms with Gasteiger partial charge in [-0.1, -0.05) is 36.4 Å². The minimum Gasteiger partial charge on any atom is -0.384 e. The zero-order valence-corrected chi connectivity index (χ0v) is 13.6. The number of benzene rings is 2. The van der Waals surface area contributed by atoms with E-state index in [0.29, 0.717) is 6.54 Å². The van der Waals surface area contributed by atoms with Crippen molar-refractivity contribution in [1.82, 2.24) is 9.13 Å². The predicted molar refractivity (Wildman–Crippen MR) is 96.6 cm³/mol. The Morgan fingerprint density at radius 1 is 1.04 bits per heavy atom. The topological polar surface area (TPSA) is 82.4 Å². The number of aromatic nitrogens is 2. The Bertz CT molecular complexity index is 1060. The van der Waals surface area contributed by atoms with E-state index < -0.39 is 11.2 Å². The molecule has 1 heterocycles. The molecule has 3 rings (SSSR count). The van der Waals surface area contributed by atoms with Gasteiger partial charge < -0.3 is 5.73 Å². The third-order valence-corrected chi connectivity index (χ3v) is 4.05. The van der Waals surface area contributed by atoms with Crippen molar-refractivity contribution in [1.29, 1.82) is 0 Å². The third kappa shape index (κ3) is 2.74. The summed E-state index contributed by atoms with van der Waals surface area (Å²) in [4.78, 5) is 28.3. The number of aliphatic imine (C=N–C) groups is 1. The van der Waals surface area contributed by atoms with E-state index in [4.69, 9.17) is 5.73 Å². The summed E-state index contributed by atoms with van der Waals surface area (Å²) in [5.41, 5.74) is 6.22. The Kier molecular flexibility index (Phi) is 4.04. The van der Waals surface area contributed by atoms with E-state index in [1.165, 1.54) is 30.3 Å². The molecule has 2 N–H and O–H groups in total. The van der Waals surface area contributed by atoms with Crippen LogP contribution >= 0.6 is 0 Å². The average molecular weight is 322 g/mol. The molecule has 0 unspecified atom stereocenters. The molecule has 0 fully saturated rings. The summed E-state index contributed by atoms with van der Waals surface area (Å²) in [6.45, 7) is 0.427. The quantitative estimate of drug-likeness (QED) is 0.741. The molecule has 0 saturated heterocycles. The van der Waals surface area contributed by atoms with Crippen molar-refractivity contribution in [3.63, 3.8) is 0 Å². The first-order chi connectivity index (χ1) is 11.5. The molecule has 0 aliphatic rings. The van der Waals surface area contributed by atoms with Gasteiger partial charge in [-0.05, 0) is 22.4 Å². The fraction of sp³-hybridized carbons (Fsp3) is 0.167. The van der Waals surface area contributed by atoms with Crippen LogP contribution in [-0.4, -0.2) is 15.3 Å². The van der Waals surface area contributed by atoms with Gasteiger partial charge in [0.25, 0.3) is 5.56 Å². The molecule has 1 aromatic heterocycles. The summed E-state index contributed by atoms with van der Waals surface area (Å²) in [6, 6.07) is 14.2. The van der Waals surface area contributed by atoms with Crippen LogP contribution in [0.3, 0.4) is 0 Å². The minimum absolute atomic E-state index is 0.116. The predicted octanol–water partition coefficient (Wildman–Crippen LogP) is 1.44. The van der Waals surface area contributed by atoms with Gasteiger partial charge in [0.05, 0.1) is 12.1 Å². The Morgan fingerprint density at radius 3 is 2.50 bits per heavy atom. The third-order valence-electron chi connectivity index (χ3n) is 4.05. The second-order valence-electron chi connectivity index (χ2n) is 5.66. The van der Waals surface area contributed by atoms with E-state index in [1.54, 1.807) is 0 Å². The van der Waals surface area contributed by atoms with E-state index >= 15 is 0 Å². The van der Waals surface area contributed by atoms with Gasteiger partial charge in [0.2, 0.25) is 0 Å². The van der Waals surface area contributed by atoms with Gasteiger partial charge in [-0.2, -0.15) is 0 Å². The van der Waals surface area contributed by atoms with Crippen molar-refractivity contribution in [3.8, 4) is 0 Å². The molecule has 0 spiro atoms. The fourth-order valence-corrected chi connectivity index (χ4v) is 2.59. The summed E-state index contributed by atoms with van der Waals surface area (Å²) in [5, 5.41) is 2.31. The number of nitrogens with zero attached hydrogens (tertiary/aromatic N) is 3. The zero-order chi connectivity index (χ0) is 17.3. The molecule has 6 nitrogen and oxygen atoms in total. The molecule has 0 aliphatic carbocycles. The first-order valence-electron chi connectivity index (χ1n) is 7.52. The van der Waals surface area contributed by atoms with Crippen LogP contribution in [0.15, 0.2) is 57.0 Å². The number of anilines is 1. The summed E-state index contributed by atoms with van der Waals surface area (Å²) < 4.78 is 2.26. The van der Waals surface area contributed by atoms with E-state index in [2.05, 4.69) is 17.1 Å². The summed E-state index contributed by atoms with van der Waals surface area (Å²) in [7, 11) is 2.95. The van der Waals surface area contributed by atoms with E-state index in [-0.39, 0.29) is 11.4 Å². The highest BCUT2D eigenvalue weighted by Gasteiger charge is 2.10. The van der Waals surface area contributed by atoms with Crippen LogP contribution in [0.2, 0.25) is 0 Å². The van der Waals surface area contributed by atoms with Crippen LogP contribution < -0.4 is 17.0 Å². The van der Waals surface area contributed by atoms with Crippen molar-refractivity contribution in [3.05, 3.63) is 74.4 Å². The fourth-order valence-electron chi connectivity index (χ4n) is 2.59. The molecule has 0 saturated carbocycles. The van der Waals surface area contributed by atoms with Crippen LogP contribution in [0.5, 0.6) is 0 Å². The molecule has 2 aromatic carbocycles. The molecule has 122 valence electrons. The van der Waals surface area contributed by atoms with Gasteiger partial charge in [0, 0.05) is 20.3 Å². The van der Waals surface area contributed by atoms with Crippen LogP contribution in [0.4, 0.5) is 5.82 Å². The molecule has 3 aromatic rings. The van der Waals surface area contributed by atoms with Crippen LogP contribution in [0, 0.1) is 0 Å². The van der Waals surface area contributed by atoms with Crippen LogP contribution in [0.25, 0.3) is 10.8 Å². The van der Waals surface area contributed by atoms with Gasteiger partial charge in [0.1, 0.15) is 5.82 Å². The van der Waals surface area contributed by atoms with Gasteiger partial charge >= 0.3 is 5.69 Å². The average Bonchev–Trinajstić information content (AvgIpc) is 2.61. The monoisotopic (exact) mass is 322 g/mol. The Balaban J connectivity index is 1.91. The first kappa shape index (κ1) is 15.7. The summed E-state index contributed by atoms with van der Waals surface area (Å²) in [5.74, 6) is 0.116. The molecule has 0 aliphatic heterocycles. The van der Waals surface area contributed by atoms with E-state index in [0.717, 1.165) is 15.5 Å². The largest absolute Gasteiger partial charge is 0.384 e. The Morgan fingerprint density at radius 2 is 1.75 bits per heavy atom. The summed E-state index contributed by atoms with van der Waals surface area (Å²) >= 11 is 0. The van der Waals surface area contributed by atoms with Gasteiger partial charge in [-0.25, -0.2) is 4.79 Å². The number of nitrogen functional groups attached to an aromatic ring is 1. The second kappa shape index (κ2) is 6.16. The molecule has 0 radical (unpaired) electrons. The standard InChI is InChI=1S/C18H18N4O2/c1-21-16(19)15(17(23)22(2)18(21)24)11-20-10-12-7-8-13-5-3-4-6-14(13)9-12/h3-9,11H,10,19H2,1-2H3. The lowest BCUT2D eigenvalue weighted by Crippen LogP contribution is -2.40. The first-order valence-corrected chi connectivity index (χ1v) is 7.52. The maximum atomic E-state index is 12.2. The van der Waals surface area contributed by atoms with Crippen molar-refractivity contribution < 1.29 is 0 Å². The van der Waals surface area contributed by atoms with E-state index in [1.807, 2.05) is 30.3 Å². The van der Waals surface area contributed by atoms with Crippen molar-refractivity contribution >= 4 is 22.8 Å². The number of fused-ring (bicyclic) bond motifs is 1. The second-order valence-corrected chi connectivity index (χ2v) is 5.66. The zero-order valence-electron chi connectivity index (χ0n) is 13.6. The maximum absolute atomic E-state index is 12.2. The van der Waals surface area contributed by atoms with Crippen molar-refractivity contribution in [2.45, 2.75) is 6.54 Å². The minimum atomic E-state index is -0.454. The lowest BCUT2D eigenvalue weighted by molar-refractivity contribution is 0.692. The molecule has 0 bridgehead atoms. The number of hydrogen-bond acceptors (Lipinski definition) is 4. The number of hydrogen-bond donors (Lipinski definition) is 1. The van der Waals surface area contributed by atoms with Crippen molar-refractivity contribution in [2.75, 3.05) is 5.73 Å². The summed E-state index contributed by atoms with van der Waals surface area (Å²) in [6.07, 6.45) is 1.44. The number of nitrogens with two attached hydrogens (primary N) is 1. The molecule has 0 amide bonds. The lowest BCUT2D eigenvalue weighted by atomic mass is 10.1. The van der Waals surface area contributed by atoms with Crippen LogP contribution in [0.1, 0.15) is 11.1 Å². The molecule has 0 atom stereocenters. The lowest BCUT2D eigenvalue weighted by Gasteiger charge is -2.08. The smallest absolute Gasteiger partial charge is 0.332 e. The highest BCUT2D eigenvalue weighted by Crippen LogP contribution is 2.16. The SMILES string of the molecule is Cn1c(N)c(C=NCc2ccc3ccccc3c2)c(=O)n(C)c1=O. The highest BCUT2D eigenvalue weighted by atomic mass is 16.2. The normalized spacial score (nSPS) is 11.4.